The summed E-state index contributed by atoms with van der Waals surface area (Å²) in [6.45, 7) is 0. The van der Waals surface area contributed by atoms with Crippen LogP contribution >= 0.6 is 34.4 Å². The Morgan fingerprint density at radius 1 is 0.889 bits per heavy atom. The minimum atomic E-state index is -0.457. The fourth-order valence-corrected chi connectivity index (χ4v) is 6.11. The molecule has 0 aliphatic carbocycles. The zero-order valence-electron chi connectivity index (χ0n) is 24.2. The monoisotopic (exact) mass is 656 g/mol. The average molecular weight is 657 g/mol. The first-order valence-corrected chi connectivity index (χ1v) is 16.3. The van der Waals surface area contributed by atoms with E-state index in [-0.39, 0.29) is 23.3 Å². The van der Waals surface area contributed by atoms with Crippen molar-refractivity contribution in [3.05, 3.63) is 112 Å². The van der Waals surface area contributed by atoms with Crippen molar-refractivity contribution in [3.63, 3.8) is 0 Å². The van der Waals surface area contributed by atoms with E-state index in [0.717, 1.165) is 21.7 Å². The lowest BCUT2D eigenvalue weighted by Crippen LogP contribution is -2.30. The van der Waals surface area contributed by atoms with Crippen LogP contribution in [0.1, 0.15) is 15.9 Å². The summed E-state index contributed by atoms with van der Waals surface area (Å²) in [5, 5.41) is 14.5. The number of aromatic nitrogens is 1. The van der Waals surface area contributed by atoms with Crippen molar-refractivity contribution >= 4 is 69.1 Å². The Bertz CT molecular complexity index is 1800. The van der Waals surface area contributed by atoms with Crippen LogP contribution in [0, 0.1) is 0 Å². The first-order chi connectivity index (χ1) is 21.9. The van der Waals surface area contributed by atoms with Crippen molar-refractivity contribution in [1.82, 2.24) is 10.3 Å². The number of carbonyl (C=O) groups is 3. The smallest absolute Gasteiger partial charge is 0.272 e. The number of rotatable bonds is 12. The summed E-state index contributed by atoms with van der Waals surface area (Å²) in [5.74, 6) is 0.369. The molecule has 5 aromatic rings. The van der Waals surface area contributed by atoms with Gasteiger partial charge in [-0.05, 0) is 83.1 Å². The molecule has 0 radical (unpaired) electrons. The molecule has 45 heavy (non-hydrogen) atoms. The average Bonchev–Trinajstić information content (AvgIpc) is 3.76. The van der Waals surface area contributed by atoms with E-state index >= 15 is 0 Å². The normalized spacial score (nSPS) is 11.0. The lowest BCUT2D eigenvalue weighted by molar-refractivity contribution is -0.114. The van der Waals surface area contributed by atoms with Crippen LogP contribution < -0.4 is 25.4 Å². The molecule has 228 valence electrons. The van der Waals surface area contributed by atoms with Crippen LogP contribution in [0.5, 0.6) is 11.5 Å². The van der Waals surface area contributed by atoms with Gasteiger partial charge in [0, 0.05) is 27.1 Å². The fraction of sp³-hybridized carbons (Fsp3) is 0.0909. The molecular formula is C33H28N4O5S3. The Labute approximate surface area is 272 Å². The minimum absolute atomic E-state index is 0.119. The first-order valence-electron chi connectivity index (χ1n) is 13.5. The van der Waals surface area contributed by atoms with Gasteiger partial charge in [0.25, 0.3) is 11.8 Å². The summed E-state index contributed by atoms with van der Waals surface area (Å²) in [7, 11) is 3.15. The number of nitrogens with one attached hydrogen (secondary N) is 3. The predicted octanol–water partition coefficient (Wildman–Crippen LogP) is 7.03. The van der Waals surface area contributed by atoms with E-state index < -0.39 is 5.91 Å². The zero-order chi connectivity index (χ0) is 31.6. The van der Waals surface area contributed by atoms with Gasteiger partial charge in [-0.1, -0.05) is 18.2 Å². The SMILES string of the molecule is COc1ccc(-c2csc(NC(=O)CSc3ccc(NC(=O)/C(=C/c4ccsc4)NC(=O)c4ccccc4)cc3)n2)cc1OC. The molecule has 0 aliphatic rings. The van der Waals surface area contributed by atoms with Gasteiger partial charge >= 0.3 is 0 Å². The van der Waals surface area contributed by atoms with Gasteiger partial charge in [0.15, 0.2) is 16.6 Å². The van der Waals surface area contributed by atoms with Gasteiger partial charge in [-0.15, -0.1) is 23.1 Å². The van der Waals surface area contributed by atoms with Gasteiger partial charge < -0.3 is 25.4 Å². The van der Waals surface area contributed by atoms with Crippen molar-refractivity contribution in [1.29, 1.82) is 0 Å². The van der Waals surface area contributed by atoms with E-state index in [1.165, 1.54) is 34.4 Å². The van der Waals surface area contributed by atoms with Crippen LogP contribution in [0.4, 0.5) is 10.8 Å². The summed E-state index contributed by atoms with van der Waals surface area (Å²) in [4.78, 5) is 43.9. The van der Waals surface area contributed by atoms with E-state index in [0.29, 0.717) is 27.9 Å². The largest absolute Gasteiger partial charge is 0.493 e. The van der Waals surface area contributed by atoms with Crippen LogP contribution in [-0.4, -0.2) is 42.7 Å². The summed E-state index contributed by atoms with van der Waals surface area (Å²) in [6.07, 6.45) is 1.63. The number of benzene rings is 3. The van der Waals surface area contributed by atoms with Crippen molar-refractivity contribution in [2.75, 3.05) is 30.6 Å². The number of carbonyl (C=O) groups excluding carboxylic acids is 3. The highest BCUT2D eigenvalue weighted by Gasteiger charge is 2.16. The number of thiophene rings is 1. The van der Waals surface area contributed by atoms with E-state index in [1.807, 2.05) is 58.6 Å². The van der Waals surface area contributed by atoms with Gasteiger partial charge in [-0.3, -0.25) is 14.4 Å². The fourth-order valence-electron chi connectivity index (χ4n) is 4.06. The molecule has 0 saturated carbocycles. The molecule has 0 spiro atoms. The van der Waals surface area contributed by atoms with Crippen molar-refractivity contribution < 1.29 is 23.9 Å². The van der Waals surface area contributed by atoms with E-state index in [9.17, 15) is 14.4 Å². The summed E-state index contributed by atoms with van der Waals surface area (Å²) < 4.78 is 10.7. The number of anilines is 2. The topological polar surface area (TPSA) is 119 Å². The number of ether oxygens (including phenoxy) is 2. The third-order valence-corrected chi connectivity index (χ3v) is 8.77. The molecule has 12 heteroatoms. The second kappa shape index (κ2) is 15.2. The Hall–Kier alpha value is -4.91. The molecule has 0 bridgehead atoms. The molecule has 9 nitrogen and oxygen atoms in total. The zero-order valence-corrected chi connectivity index (χ0v) is 26.7. The van der Waals surface area contributed by atoms with Crippen molar-refractivity contribution in [2.45, 2.75) is 4.90 Å². The summed E-state index contributed by atoms with van der Waals surface area (Å²) in [6, 6.07) is 23.2. The van der Waals surface area contributed by atoms with Crippen LogP contribution in [0.25, 0.3) is 17.3 Å². The number of hydrogen-bond acceptors (Lipinski definition) is 9. The molecule has 5 rings (SSSR count). The van der Waals surface area contributed by atoms with Crippen molar-refractivity contribution in [3.8, 4) is 22.8 Å². The van der Waals surface area contributed by atoms with E-state index in [4.69, 9.17) is 9.47 Å². The Morgan fingerprint density at radius 3 is 2.38 bits per heavy atom. The molecule has 2 heterocycles. The van der Waals surface area contributed by atoms with Gasteiger partial charge in [0.2, 0.25) is 5.91 Å². The Balaban J connectivity index is 1.15. The second-order valence-corrected chi connectivity index (χ2v) is 12.0. The van der Waals surface area contributed by atoms with Crippen molar-refractivity contribution in [2.24, 2.45) is 0 Å². The highest BCUT2D eigenvalue weighted by Crippen LogP contribution is 2.33. The number of methoxy groups -OCH3 is 2. The predicted molar refractivity (Wildman–Crippen MR) is 181 cm³/mol. The Morgan fingerprint density at radius 2 is 1.67 bits per heavy atom. The highest BCUT2D eigenvalue weighted by molar-refractivity contribution is 8.00. The number of thiazole rings is 1. The maximum absolute atomic E-state index is 13.2. The molecule has 0 unspecified atom stereocenters. The maximum atomic E-state index is 13.2. The lowest BCUT2D eigenvalue weighted by Gasteiger charge is -2.11. The van der Waals surface area contributed by atoms with E-state index in [2.05, 4.69) is 20.9 Å². The summed E-state index contributed by atoms with van der Waals surface area (Å²) in [5.41, 5.74) is 3.48. The van der Waals surface area contributed by atoms with Crippen LogP contribution in [0.15, 0.2) is 106 Å². The minimum Gasteiger partial charge on any atom is -0.493 e. The summed E-state index contributed by atoms with van der Waals surface area (Å²) >= 11 is 4.19. The number of nitrogens with zero attached hydrogens (tertiary/aromatic N) is 1. The Kier molecular flexibility index (Phi) is 10.6. The van der Waals surface area contributed by atoms with Crippen LogP contribution in [0.3, 0.4) is 0 Å². The molecule has 3 amide bonds. The second-order valence-electron chi connectivity index (χ2n) is 9.36. The third-order valence-electron chi connectivity index (χ3n) is 6.29. The quantitative estimate of drug-likeness (QED) is 0.0975. The first kappa shape index (κ1) is 31.5. The van der Waals surface area contributed by atoms with Crippen LogP contribution in [0.2, 0.25) is 0 Å². The van der Waals surface area contributed by atoms with Gasteiger partial charge in [0.1, 0.15) is 5.70 Å². The van der Waals surface area contributed by atoms with E-state index in [1.54, 1.807) is 56.7 Å². The molecule has 0 aliphatic heterocycles. The number of hydrogen-bond donors (Lipinski definition) is 3. The molecule has 0 saturated heterocycles. The standard InChI is InChI=1S/C33H28N4O5S3/c1-41-28-13-8-23(17-29(28)42-2)27-19-45-33(36-27)37-30(38)20-44-25-11-9-24(10-12-25)34-32(40)26(16-21-14-15-43-18-21)35-31(39)22-6-4-3-5-7-22/h3-19H,20H2,1-2H3,(H,34,40)(H,35,39)(H,36,37,38)/b26-16-. The molecule has 2 aromatic heterocycles. The molecule has 3 aromatic carbocycles. The van der Waals surface area contributed by atoms with Crippen LogP contribution in [-0.2, 0) is 9.59 Å². The molecule has 0 atom stereocenters. The number of thioether (sulfide) groups is 1. The molecular weight excluding hydrogens is 629 g/mol. The molecule has 0 fully saturated rings. The highest BCUT2D eigenvalue weighted by atomic mass is 32.2. The maximum Gasteiger partial charge on any atom is 0.272 e. The lowest BCUT2D eigenvalue weighted by atomic mass is 10.1. The van der Waals surface area contributed by atoms with Gasteiger partial charge in [0.05, 0.1) is 25.7 Å². The third kappa shape index (κ3) is 8.60. The number of amides is 3. The molecule has 3 N–H and O–H groups in total. The van der Waals surface area contributed by atoms with Gasteiger partial charge in [-0.2, -0.15) is 11.3 Å². The van der Waals surface area contributed by atoms with Gasteiger partial charge in [-0.25, -0.2) is 4.98 Å².